The number of hydrogen-bond acceptors (Lipinski definition) is 5. The number of aryl methyl sites for hydroxylation is 3. The third-order valence-corrected chi connectivity index (χ3v) is 6.90. The van der Waals surface area contributed by atoms with Crippen LogP contribution in [-0.4, -0.2) is 36.8 Å². The Morgan fingerprint density at radius 3 is 2.50 bits per heavy atom. The number of amides is 2. The monoisotopic (exact) mass is 463 g/mol. The Morgan fingerprint density at radius 2 is 1.97 bits per heavy atom. The summed E-state index contributed by atoms with van der Waals surface area (Å²) in [6.07, 6.45) is 5.70. The molecule has 9 nitrogen and oxygen atoms in total. The molecule has 180 valence electrons. The molecule has 0 aliphatic heterocycles. The van der Waals surface area contributed by atoms with Gasteiger partial charge in [0.2, 0.25) is 5.91 Å². The Labute approximate surface area is 199 Å². The second-order valence-corrected chi connectivity index (χ2v) is 9.36. The van der Waals surface area contributed by atoms with Gasteiger partial charge in [-0.05, 0) is 63.6 Å². The van der Waals surface area contributed by atoms with E-state index in [4.69, 9.17) is 5.73 Å². The van der Waals surface area contributed by atoms with E-state index < -0.39 is 11.8 Å². The van der Waals surface area contributed by atoms with Gasteiger partial charge in [0, 0.05) is 17.8 Å². The minimum absolute atomic E-state index is 0.137. The molecule has 3 heterocycles. The minimum Gasteiger partial charge on any atom is -0.364 e. The molecule has 9 heteroatoms. The van der Waals surface area contributed by atoms with Crippen LogP contribution in [0.5, 0.6) is 0 Å². The molecule has 1 fully saturated rings. The normalized spacial score (nSPS) is 19.1. The largest absolute Gasteiger partial charge is 0.364 e. The molecule has 1 unspecified atom stereocenters. The van der Waals surface area contributed by atoms with Crippen molar-refractivity contribution in [1.29, 1.82) is 0 Å². The SMILES string of the molecule is CCn1nc(C(C(=O)Nc2ccc(-c3c(C)n[nH]c3C)nc2)C2CCC(C)CC2)cc1C(N)=O. The average molecular weight is 464 g/mol. The van der Waals surface area contributed by atoms with Crippen LogP contribution in [0.15, 0.2) is 24.4 Å². The van der Waals surface area contributed by atoms with E-state index in [0.29, 0.717) is 29.5 Å². The number of nitrogens with two attached hydrogens (primary N) is 1. The van der Waals surface area contributed by atoms with E-state index in [1.54, 1.807) is 16.9 Å². The van der Waals surface area contributed by atoms with Crippen LogP contribution in [0.4, 0.5) is 5.69 Å². The van der Waals surface area contributed by atoms with Gasteiger partial charge in [0.15, 0.2) is 0 Å². The zero-order valence-electron chi connectivity index (χ0n) is 20.3. The van der Waals surface area contributed by atoms with Crippen molar-refractivity contribution >= 4 is 17.5 Å². The standard InChI is InChI=1S/C25H33N7O2/c1-5-32-21(24(26)33)12-20(31-32)23(17-8-6-14(2)7-9-17)25(34)28-18-10-11-19(27-13-18)22-15(3)29-30-16(22)4/h10-14,17,23H,5-9H2,1-4H3,(H2,26,33)(H,28,34)(H,29,30). The summed E-state index contributed by atoms with van der Waals surface area (Å²) >= 11 is 0. The lowest BCUT2D eigenvalue weighted by molar-refractivity contribution is -0.119. The molecule has 2 amide bonds. The van der Waals surface area contributed by atoms with Gasteiger partial charge < -0.3 is 11.1 Å². The van der Waals surface area contributed by atoms with E-state index in [0.717, 1.165) is 48.3 Å². The first-order valence-electron chi connectivity index (χ1n) is 11.9. The summed E-state index contributed by atoms with van der Waals surface area (Å²) in [5, 5.41) is 14.8. The van der Waals surface area contributed by atoms with Gasteiger partial charge in [0.05, 0.1) is 34.9 Å². The number of H-pyrrole nitrogens is 1. The number of carbonyl (C=O) groups excluding carboxylic acids is 2. The predicted octanol–water partition coefficient (Wildman–Crippen LogP) is 3.95. The fourth-order valence-corrected chi connectivity index (χ4v) is 5.00. The number of carbonyl (C=O) groups is 2. The van der Waals surface area contributed by atoms with E-state index in [-0.39, 0.29) is 11.8 Å². The van der Waals surface area contributed by atoms with Crippen molar-refractivity contribution in [3.05, 3.63) is 47.2 Å². The summed E-state index contributed by atoms with van der Waals surface area (Å²) in [5.74, 6) is -0.332. The number of nitrogens with one attached hydrogen (secondary N) is 2. The molecule has 34 heavy (non-hydrogen) atoms. The van der Waals surface area contributed by atoms with Crippen LogP contribution < -0.4 is 11.1 Å². The van der Waals surface area contributed by atoms with Crippen LogP contribution in [0.25, 0.3) is 11.3 Å². The van der Waals surface area contributed by atoms with Crippen molar-refractivity contribution in [3.8, 4) is 11.3 Å². The van der Waals surface area contributed by atoms with E-state index in [1.165, 1.54) is 0 Å². The predicted molar refractivity (Wildman–Crippen MR) is 130 cm³/mol. The minimum atomic E-state index is -0.540. The molecule has 0 aromatic carbocycles. The van der Waals surface area contributed by atoms with Gasteiger partial charge in [0.25, 0.3) is 5.91 Å². The average Bonchev–Trinajstić information content (AvgIpc) is 3.39. The molecule has 1 saturated carbocycles. The number of primary amides is 1. The topological polar surface area (TPSA) is 132 Å². The first kappa shape index (κ1) is 23.7. The van der Waals surface area contributed by atoms with E-state index in [9.17, 15) is 9.59 Å². The van der Waals surface area contributed by atoms with E-state index >= 15 is 0 Å². The lowest BCUT2D eigenvalue weighted by Crippen LogP contribution is -2.30. The summed E-state index contributed by atoms with van der Waals surface area (Å²) < 4.78 is 1.58. The first-order valence-corrected chi connectivity index (χ1v) is 11.9. The molecule has 0 spiro atoms. The maximum Gasteiger partial charge on any atom is 0.266 e. The van der Waals surface area contributed by atoms with Gasteiger partial charge in [-0.1, -0.05) is 19.8 Å². The molecule has 1 atom stereocenters. The smallest absolute Gasteiger partial charge is 0.266 e. The molecule has 4 rings (SSSR count). The van der Waals surface area contributed by atoms with Crippen LogP contribution in [0, 0.1) is 25.7 Å². The second-order valence-electron chi connectivity index (χ2n) is 9.36. The fraction of sp³-hybridized carbons (Fsp3) is 0.480. The van der Waals surface area contributed by atoms with Gasteiger partial charge in [-0.25, -0.2) is 0 Å². The molecule has 0 bridgehead atoms. The van der Waals surface area contributed by atoms with Gasteiger partial charge in [-0.2, -0.15) is 10.2 Å². The first-order chi connectivity index (χ1) is 16.3. The highest BCUT2D eigenvalue weighted by Crippen LogP contribution is 2.39. The van der Waals surface area contributed by atoms with Gasteiger partial charge in [-0.3, -0.25) is 24.4 Å². The third-order valence-electron chi connectivity index (χ3n) is 6.90. The molecular weight excluding hydrogens is 430 g/mol. The third kappa shape index (κ3) is 4.73. The number of pyridine rings is 1. The number of nitrogens with zero attached hydrogens (tertiary/aromatic N) is 4. The van der Waals surface area contributed by atoms with Crippen molar-refractivity contribution in [1.82, 2.24) is 25.0 Å². The van der Waals surface area contributed by atoms with Gasteiger partial charge >= 0.3 is 0 Å². The molecule has 1 aliphatic rings. The number of hydrogen-bond donors (Lipinski definition) is 3. The fourth-order valence-electron chi connectivity index (χ4n) is 5.00. The van der Waals surface area contributed by atoms with Crippen molar-refractivity contribution < 1.29 is 9.59 Å². The maximum absolute atomic E-state index is 13.6. The van der Waals surface area contributed by atoms with Crippen LogP contribution in [0.3, 0.4) is 0 Å². The highest BCUT2D eigenvalue weighted by molar-refractivity contribution is 5.97. The summed E-state index contributed by atoms with van der Waals surface area (Å²) in [7, 11) is 0. The number of rotatable bonds is 7. The quantitative estimate of drug-likeness (QED) is 0.488. The molecule has 4 N–H and O–H groups in total. The van der Waals surface area contributed by atoms with Gasteiger partial charge in [-0.15, -0.1) is 0 Å². The Morgan fingerprint density at radius 1 is 1.24 bits per heavy atom. The van der Waals surface area contributed by atoms with Crippen LogP contribution in [0.2, 0.25) is 0 Å². The Bertz CT molecular complexity index is 1150. The Hall–Kier alpha value is -3.49. The summed E-state index contributed by atoms with van der Waals surface area (Å²) in [6.45, 7) is 8.54. The molecule has 0 radical (unpaired) electrons. The molecule has 3 aromatic heterocycles. The van der Waals surface area contributed by atoms with Crippen molar-refractivity contribution in [3.63, 3.8) is 0 Å². The van der Waals surface area contributed by atoms with Gasteiger partial charge in [0.1, 0.15) is 5.69 Å². The highest BCUT2D eigenvalue weighted by Gasteiger charge is 2.35. The molecule has 0 saturated heterocycles. The van der Waals surface area contributed by atoms with Crippen molar-refractivity contribution in [2.75, 3.05) is 5.32 Å². The Balaban J connectivity index is 1.60. The van der Waals surface area contributed by atoms with Crippen LogP contribution in [0.1, 0.15) is 73.0 Å². The second kappa shape index (κ2) is 9.79. The summed E-state index contributed by atoms with van der Waals surface area (Å²) in [6, 6.07) is 5.42. The van der Waals surface area contributed by atoms with E-state index in [2.05, 4.69) is 32.5 Å². The molecular formula is C25H33N7O2. The van der Waals surface area contributed by atoms with Crippen LogP contribution >= 0.6 is 0 Å². The Kier molecular flexibility index (Phi) is 6.81. The zero-order chi connectivity index (χ0) is 24.4. The van der Waals surface area contributed by atoms with Crippen LogP contribution in [-0.2, 0) is 11.3 Å². The van der Waals surface area contributed by atoms with Crippen molar-refractivity contribution in [2.45, 2.75) is 65.8 Å². The summed E-state index contributed by atoms with van der Waals surface area (Å²) in [4.78, 5) is 30.0. The lowest BCUT2D eigenvalue weighted by Gasteiger charge is -2.31. The molecule has 1 aliphatic carbocycles. The number of aromatic nitrogens is 5. The van der Waals surface area contributed by atoms with Crippen molar-refractivity contribution in [2.24, 2.45) is 17.6 Å². The maximum atomic E-state index is 13.6. The summed E-state index contributed by atoms with van der Waals surface area (Å²) in [5.41, 5.74) is 10.7. The highest BCUT2D eigenvalue weighted by atomic mass is 16.2. The zero-order valence-corrected chi connectivity index (χ0v) is 20.3. The van der Waals surface area contributed by atoms with E-state index in [1.807, 2.05) is 32.9 Å². The number of anilines is 1. The molecule has 3 aromatic rings. The lowest BCUT2D eigenvalue weighted by atomic mass is 9.75. The number of aromatic amines is 1.